The van der Waals surface area contributed by atoms with Crippen LogP contribution >= 0.6 is 0 Å². The smallest absolute Gasteiger partial charge is 0.361 e. The molecule has 0 radical (unpaired) electrons. The summed E-state index contributed by atoms with van der Waals surface area (Å²) in [7, 11) is 0. The van der Waals surface area contributed by atoms with Crippen LogP contribution in [0.2, 0.25) is 0 Å². The lowest BCUT2D eigenvalue weighted by Crippen LogP contribution is -2.35. The van der Waals surface area contributed by atoms with Gasteiger partial charge in [0.2, 0.25) is 0 Å². The maximum Gasteiger partial charge on any atom is 0.417 e. The number of nitrogens with zero attached hydrogens (tertiary/aromatic N) is 4. The van der Waals surface area contributed by atoms with Gasteiger partial charge in [-0.25, -0.2) is 4.98 Å². The SMILES string of the molecule is Cc1noc(C)c1C(=O)N1CCCN(c2ccc(C(F)(F)F)cn2)CC1. The fourth-order valence-electron chi connectivity index (χ4n) is 3.04. The van der Waals surface area contributed by atoms with E-state index in [2.05, 4.69) is 10.1 Å². The lowest BCUT2D eigenvalue weighted by atomic mass is 10.1. The van der Waals surface area contributed by atoms with Crippen LogP contribution in [0.25, 0.3) is 0 Å². The van der Waals surface area contributed by atoms with E-state index in [1.807, 2.05) is 4.90 Å². The first-order chi connectivity index (χ1) is 12.3. The minimum atomic E-state index is -4.40. The van der Waals surface area contributed by atoms with Crippen LogP contribution in [0.5, 0.6) is 0 Å². The van der Waals surface area contributed by atoms with Gasteiger partial charge in [-0.3, -0.25) is 4.79 Å². The van der Waals surface area contributed by atoms with Crippen molar-refractivity contribution in [2.75, 3.05) is 31.1 Å². The Balaban J connectivity index is 1.69. The number of pyridine rings is 1. The lowest BCUT2D eigenvalue weighted by molar-refractivity contribution is -0.137. The Morgan fingerprint density at radius 2 is 1.92 bits per heavy atom. The van der Waals surface area contributed by atoms with Gasteiger partial charge in [0, 0.05) is 32.4 Å². The van der Waals surface area contributed by atoms with Crippen LogP contribution in [0, 0.1) is 13.8 Å². The molecule has 2 aromatic rings. The second kappa shape index (κ2) is 6.97. The van der Waals surface area contributed by atoms with E-state index in [1.165, 1.54) is 6.07 Å². The van der Waals surface area contributed by atoms with Gasteiger partial charge in [0.05, 0.1) is 11.3 Å². The van der Waals surface area contributed by atoms with E-state index in [9.17, 15) is 18.0 Å². The van der Waals surface area contributed by atoms with E-state index in [4.69, 9.17) is 4.52 Å². The van der Waals surface area contributed by atoms with Crippen LogP contribution in [0.1, 0.15) is 33.8 Å². The zero-order valence-corrected chi connectivity index (χ0v) is 14.5. The van der Waals surface area contributed by atoms with Crippen molar-refractivity contribution in [3.8, 4) is 0 Å². The molecule has 1 saturated heterocycles. The number of carbonyl (C=O) groups is 1. The molecule has 1 aliphatic heterocycles. The Hall–Kier alpha value is -2.58. The molecule has 0 aliphatic carbocycles. The molecule has 0 spiro atoms. The predicted octanol–water partition coefficient (Wildman–Crippen LogP) is 3.06. The number of aromatic nitrogens is 2. The fraction of sp³-hybridized carbons (Fsp3) is 0.471. The third kappa shape index (κ3) is 3.66. The van der Waals surface area contributed by atoms with Crippen molar-refractivity contribution in [2.45, 2.75) is 26.4 Å². The van der Waals surface area contributed by atoms with Gasteiger partial charge in [0.15, 0.2) is 0 Å². The number of aryl methyl sites for hydroxylation is 2. The van der Waals surface area contributed by atoms with Gasteiger partial charge in [-0.1, -0.05) is 5.16 Å². The molecular formula is C17H19F3N4O2. The highest BCUT2D eigenvalue weighted by atomic mass is 19.4. The first-order valence-corrected chi connectivity index (χ1v) is 8.27. The van der Waals surface area contributed by atoms with Gasteiger partial charge < -0.3 is 14.3 Å². The lowest BCUT2D eigenvalue weighted by Gasteiger charge is -2.23. The number of alkyl halides is 3. The Kier molecular flexibility index (Phi) is 4.88. The molecule has 0 N–H and O–H groups in total. The van der Waals surface area contributed by atoms with E-state index < -0.39 is 11.7 Å². The van der Waals surface area contributed by atoms with Gasteiger partial charge in [-0.2, -0.15) is 13.2 Å². The van der Waals surface area contributed by atoms with Gasteiger partial charge in [0.1, 0.15) is 17.1 Å². The zero-order valence-electron chi connectivity index (χ0n) is 14.5. The predicted molar refractivity (Wildman–Crippen MR) is 87.9 cm³/mol. The number of rotatable bonds is 2. The van der Waals surface area contributed by atoms with Crippen molar-refractivity contribution in [2.24, 2.45) is 0 Å². The second-order valence-electron chi connectivity index (χ2n) is 6.23. The molecule has 0 aromatic carbocycles. The van der Waals surface area contributed by atoms with E-state index >= 15 is 0 Å². The molecule has 1 aliphatic rings. The summed E-state index contributed by atoms with van der Waals surface area (Å²) in [5.74, 6) is 0.825. The molecule has 9 heteroatoms. The van der Waals surface area contributed by atoms with Crippen molar-refractivity contribution in [1.29, 1.82) is 0 Å². The summed E-state index contributed by atoms with van der Waals surface area (Å²) in [5.41, 5.74) is 0.260. The van der Waals surface area contributed by atoms with Gasteiger partial charge in [-0.15, -0.1) is 0 Å². The van der Waals surface area contributed by atoms with E-state index in [0.717, 1.165) is 12.3 Å². The molecule has 0 atom stereocenters. The van der Waals surface area contributed by atoms with Crippen molar-refractivity contribution in [3.63, 3.8) is 0 Å². The molecule has 3 heterocycles. The van der Waals surface area contributed by atoms with E-state index in [0.29, 0.717) is 55.4 Å². The summed E-state index contributed by atoms with van der Waals surface area (Å²) >= 11 is 0. The third-order valence-corrected chi connectivity index (χ3v) is 4.43. The molecule has 6 nitrogen and oxygen atoms in total. The average Bonchev–Trinajstić information content (AvgIpc) is 2.80. The van der Waals surface area contributed by atoms with Crippen molar-refractivity contribution < 1.29 is 22.5 Å². The molecule has 0 saturated carbocycles. The number of hydrogen-bond donors (Lipinski definition) is 0. The standard InChI is InChI=1S/C17H19F3N4O2/c1-11-15(12(2)26-22-11)16(25)24-7-3-6-23(8-9-24)14-5-4-13(10-21-14)17(18,19)20/h4-5,10H,3,6-9H2,1-2H3. The molecule has 140 valence electrons. The molecule has 3 rings (SSSR count). The summed E-state index contributed by atoms with van der Waals surface area (Å²) in [6, 6.07) is 2.40. The quantitative estimate of drug-likeness (QED) is 0.815. The topological polar surface area (TPSA) is 62.5 Å². The number of amides is 1. The maximum absolute atomic E-state index is 12.7. The molecular weight excluding hydrogens is 349 g/mol. The first-order valence-electron chi connectivity index (χ1n) is 8.27. The highest BCUT2D eigenvalue weighted by molar-refractivity contribution is 5.96. The number of carbonyl (C=O) groups excluding carboxylic acids is 1. The molecule has 1 fully saturated rings. The summed E-state index contributed by atoms with van der Waals surface area (Å²) in [6.07, 6.45) is -2.87. The third-order valence-electron chi connectivity index (χ3n) is 4.43. The van der Waals surface area contributed by atoms with Crippen LogP contribution in [-0.2, 0) is 6.18 Å². The van der Waals surface area contributed by atoms with Crippen LogP contribution < -0.4 is 4.90 Å². The van der Waals surface area contributed by atoms with E-state index in [-0.39, 0.29) is 5.91 Å². The van der Waals surface area contributed by atoms with Crippen LogP contribution in [0.15, 0.2) is 22.9 Å². The maximum atomic E-state index is 12.7. The summed E-state index contributed by atoms with van der Waals surface area (Å²) in [5, 5.41) is 3.81. The Morgan fingerprint density at radius 1 is 1.15 bits per heavy atom. The van der Waals surface area contributed by atoms with Crippen LogP contribution in [0.4, 0.5) is 19.0 Å². The Labute approximate surface area is 148 Å². The summed E-state index contributed by atoms with van der Waals surface area (Å²) in [6.45, 7) is 5.53. The highest BCUT2D eigenvalue weighted by Crippen LogP contribution is 2.29. The molecule has 26 heavy (non-hydrogen) atoms. The van der Waals surface area contributed by atoms with Gasteiger partial charge in [-0.05, 0) is 32.4 Å². The van der Waals surface area contributed by atoms with Crippen LogP contribution in [-0.4, -0.2) is 47.1 Å². The van der Waals surface area contributed by atoms with Gasteiger partial charge >= 0.3 is 6.18 Å². The molecule has 0 unspecified atom stereocenters. The second-order valence-corrected chi connectivity index (χ2v) is 6.23. The highest BCUT2D eigenvalue weighted by Gasteiger charge is 2.31. The van der Waals surface area contributed by atoms with Crippen LogP contribution in [0.3, 0.4) is 0 Å². The van der Waals surface area contributed by atoms with Crippen molar-refractivity contribution in [1.82, 2.24) is 15.0 Å². The molecule has 0 bridgehead atoms. The zero-order chi connectivity index (χ0) is 18.9. The Bertz CT molecular complexity index is 767. The largest absolute Gasteiger partial charge is 0.417 e. The molecule has 2 aromatic heterocycles. The fourth-order valence-corrected chi connectivity index (χ4v) is 3.04. The minimum Gasteiger partial charge on any atom is -0.361 e. The monoisotopic (exact) mass is 368 g/mol. The van der Waals surface area contributed by atoms with Crippen molar-refractivity contribution >= 4 is 11.7 Å². The Morgan fingerprint density at radius 3 is 2.50 bits per heavy atom. The normalized spacial score (nSPS) is 15.9. The van der Waals surface area contributed by atoms with Crippen molar-refractivity contribution in [3.05, 3.63) is 40.9 Å². The average molecular weight is 368 g/mol. The molecule has 1 amide bonds. The minimum absolute atomic E-state index is 0.136. The number of anilines is 1. The van der Waals surface area contributed by atoms with Gasteiger partial charge in [0.25, 0.3) is 5.91 Å². The number of hydrogen-bond acceptors (Lipinski definition) is 5. The van der Waals surface area contributed by atoms with E-state index in [1.54, 1.807) is 18.7 Å². The first kappa shape index (κ1) is 18.2. The number of halogens is 3. The summed E-state index contributed by atoms with van der Waals surface area (Å²) in [4.78, 5) is 20.3. The summed E-state index contributed by atoms with van der Waals surface area (Å²) < 4.78 is 43.0.